The first-order valence-corrected chi connectivity index (χ1v) is 6.73. The fourth-order valence-corrected chi connectivity index (χ4v) is 2.32. The predicted octanol–water partition coefficient (Wildman–Crippen LogP) is 0.862. The molecule has 1 unspecified atom stereocenters. The van der Waals surface area contributed by atoms with Crippen LogP contribution in [0.5, 0.6) is 0 Å². The second kappa shape index (κ2) is 5.54. The van der Waals surface area contributed by atoms with Crippen molar-refractivity contribution < 1.29 is 4.74 Å². The van der Waals surface area contributed by atoms with E-state index in [1.54, 1.807) is 10.7 Å². The van der Waals surface area contributed by atoms with Crippen molar-refractivity contribution in [3.63, 3.8) is 0 Å². The van der Waals surface area contributed by atoms with Gasteiger partial charge in [0.25, 0.3) is 0 Å². The molecule has 0 bridgehead atoms. The third kappa shape index (κ3) is 2.85. The normalized spacial score (nSPS) is 20.8. The average Bonchev–Trinajstić information content (AvgIpc) is 2.93. The Morgan fingerprint density at radius 1 is 1.47 bits per heavy atom. The summed E-state index contributed by atoms with van der Waals surface area (Å²) < 4.78 is 7.51. The fourth-order valence-electron chi connectivity index (χ4n) is 2.32. The Kier molecular flexibility index (Phi) is 3.61. The van der Waals surface area contributed by atoms with Gasteiger partial charge >= 0.3 is 0 Å². The molecule has 1 aliphatic rings. The number of ether oxygens (including phenoxy) is 1. The molecule has 0 aliphatic carbocycles. The number of rotatable bonds is 4. The van der Waals surface area contributed by atoms with E-state index >= 15 is 0 Å². The van der Waals surface area contributed by atoms with Crippen LogP contribution in [0.1, 0.15) is 6.92 Å². The summed E-state index contributed by atoms with van der Waals surface area (Å²) in [7, 11) is 0. The molecule has 3 heterocycles. The maximum Gasteiger partial charge on any atom is 0.157 e. The van der Waals surface area contributed by atoms with E-state index in [0.717, 1.165) is 44.3 Å². The minimum atomic E-state index is 0.233. The number of hydrogen-bond donors (Lipinski definition) is 1. The van der Waals surface area contributed by atoms with E-state index in [4.69, 9.17) is 4.74 Å². The number of nitrogens with one attached hydrogen (secondary N) is 1. The minimum Gasteiger partial charge on any atom is -0.374 e. The minimum absolute atomic E-state index is 0.233. The highest BCUT2D eigenvalue weighted by molar-refractivity contribution is 5.45. The molecule has 6 nitrogen and oxygen atoms in total. The smallest absolute Gasteiger partial charge is 0.157 e. The van der Waals surface area contributed by atoms with Gasteiger partial charge in [-0.15, -0.1) is 0 Å². The Morgan fingerprint density at radius 2 is 2.42 bits per heavy atom. The van der Waals surface area contributed by atoms with Crippen LogP contribution in [0.4, 0.5) is 5.82 Å². The molecule has 1 saturated heterocycles. The lowest BCUT2D eigenvalue weighted by Gasteiger charge is -2.32. The summed E-state index contributed by atoms with van der Waals surface area (Å²) in [6.45, 7) is 6.89. The number of nitrogens with zero attached hydrogens (tertiary/aromatic N) is 4. The lowest BCUT2D eigenvalue weighted by molar-refractivity contribution is -0.0192. The van der Waals surface area contributed by atoms with Gasteiger partial charge in [0, 0.05) is 31.9 Å². The average molecular weight is 261 g/mol. The number of morpholine rings is 1. The number of likely N-dealkylation sites (N-methyl/N-ethyl adjacent to an activating group) is 1. The first kappa shape index (κ1) is 12.4. The second-order valence-corrected chi connectivity index (χ2v) is 4.71. The van der Waals surface area contributed by atoms with Crippen molar-refractivity contribution in [2.24, 2.45) is 0 Å². The number of fused-ring (bicyclic) bond motifs is 1. The third-order valence-corrected chi connectivity index (χ3v) is 3.44. The van der Waals surface area contributed by atoms with Gasteiger partial charge in [0.2, 0.25) is 0 Å². The molecule has 0 aromatic carbocycles. The van der Waals surface area contributed by atoms with E-state index in [9.17, 15) is 0 Å². The summed E-state index contributed by atoms with van der Waals surface area (Å²) >= 11 is 0. The summed E-state index contributed by atoms with van der Waals surface area (Å²) in [4.78, 5) is 6.89. The molecule has 1 fully saturated rings. The van der Waals surface area contributed by atoms with Crippen LogP contribution in [0.3, 0.4) is 0 Å². The van der Waals surface area contributed by atoms with Crippen molar-refractivity contribution in [1.82, 2.24) is 19.5 Å². The molecule has 0 radical (unpaired) electrons. The molecule has 1 aliphatic heterocycles. The monoisotopic (exact) mass is 261 g/mol. The Morgan fingerprint density at radius 3 is 3.32 bits per heavy atom. The topological polar surface area (TPSA) is 54.7 Å². The maximum atomic E-state index is 5.75. The van der Waals surface area contributed by atoms with Crippen molar-refractivity contribution in [2.75, 3.05) is 38.1 Å². The molecule has 0 amide bonds. The molecule has 1 atom stereocenters. The fraction of sp³-hybridized carbons (Fsp3) is 0.538. The van der Waals surface area contributed by atoms with Gasteiger partial charge in [-0.25, -0.2) is 9.50 Å². The quantitative estimate of drug-likeness (QED) is 0.884. The van der Waals surface area contributed by atoms with Gasteiger partial charge in [0.15, 0.2) is 5.65 Å². The second-order valence-electron chi connectivity index (χ2n) is 4.71. The Hall–Kier alpha value is -1.66. The largest absolute Gasteiger partial charge is 0.374 e. The molecule has 3 rings (SSSR count). The number of anilines is 1. The third-order valence-electron chi connectivity index (χ3n) is 3.44. The molecular formula is C13H19N5O. The molecule has 0 saturated carbocycles. The van der Waals surface area contributed by atoms with Gasteiger partial charge in [0.05, 0.1) is 18.9 Å². The lowest BCUT2D eigenvalue weighted by Crippen LogP contribution is -2.45. The highest BCUT2D eigenvalue weighted by atomic mass is 16.5. The van der Waals surface area contributed by atoms with E-state index in [2.05, 4.69) is 27.2 Å². The number of aromatic nitrogens is 3. The van der Waals surface area contributed by atoms with Crippen LogP contribution in [0.25, 0.3) is 5.65 Å². The van der Waals surface area contributed by atoms with Crippen molar-refractivity contribution in [3.05, 3.63) is 24.5 Å². The Bertz CT molecular complexity index is 541. The van der Waals surface area contributed by atoms with Crippen LogP contribution in [0.2, 0.25) is 0 Å². The molecule has 1 N–H and O–H groups in total. The van der Waals surface area contributed by atoms with E-state index < -0.39 is 0 Å². The van der Waals surface area contributed by atoms with Crippen LogP contribution in [0, 0.1) is 0 Å². The summed E-state index contributed by atoms with van der Waals surface area (Å²) in [5.41, 5.74) is 0.852. The summed E-state index contributed by atoms with van der Waals surface area (Å²) in [6.07, 6.45) is 3.89. The maximum absolute atomic E-state index is 5.75. The van der Waals surface area contributed by atoms with Gasteiger partial charge in [0.1, 0.15) is 5.82 Å². The summed E-state index contributed by atoms with van der Waals surface area (Å²) in [5.74, 6) is 0.866. The SMILES string of the molecule is CCN1CCOC(CNc2ccn3nccc3n2)C1. The van der Waals surface area contributed by atoms with Gasteiger partial charge in [-0.05, 0) is 12.6 Å². The highest BCUT2D eigenvalue weighted by Gasteiger charge is 2.18. The Labute approximate surface area is 112 Å². The molecule has 6 heteroatoms. The Balaban J connectivity index is 1.59. The van der Waals surface area contributed by atoms with Crippen LogP contribution in [-0.4, -0.2) is 58.4 Å². The van der Waals surface area contributed by atoms with Crippen LogP contribution < -0.4 is 5.32 Å². The van der Waals surface area contributed by atoms with Gasteiger partial charge in [-0.1, -0.05) is 6.92 Å². The van der Waals surface area contributed by atoms with Gasteiger partial charge in [-0.2, -0.15) is 5.10 Å². The highest BCUT2D eigenvalue weighted by Crippen LogP contribution is 2.09. The van der Waals surface area contributed by atoms with E-state index in [1.807, 2.05) is 18.3 Å². The van der Waals surface area contributed by atoms with Crippen molar-refractivity contribution in [2.45, 2.75) is 13.0 Å². The molecule has 0 spiro atoms. The zero-order chi connectivity index (χ0) is 13.1. The van der Waals surface area contributed by atoms with Crippen LogP contribution in [0.15, 0.2) is 24.5 Å². The van der Waals surface area contributed by atoms with Crippen LogP contribution >= 0.6 is 0 Å². The number of hydrogen-bond acceptors (Lipinski definition) is 5. The van der Waals surface area contributed by atoms with E-state index in [0.29, 0.717) is 0 Å². The standard InChI is InChI=1S/C13H19N5O/c1-2-17-7-8-19-11(10-17)9-14-12-4-6-18-13(16-12)3-5-15-18/h3-6,11H,2,7-10H2,1H3,(H,14,16). The molecule has 102 valence electrons. The first-order chi connectivity index (χ1) is 9.35. The van der Waals surface area contributed by atoms with Crippen molar-refractivity contribution >= 4 is 11.5 Å². The van der Waals surface area contributed by atoms with E-state index in [1.165, 1.54) is 0 Å². The molecule has 2 aromatic heterocycles. The van der Waals surface area contributed by atoms with E-state index in [-0.39, 0.29) is 6.10 Å². The predicted molar refractivity (Wildman–Crippen MR) is 73.3 cm³/mol. The summed E-state index contributed by atoms with van der Waals surface area (Å²) in [5, 5.41) is 7.46. The van der Waals surface area contributed by atoms with Crippen LogP contribution in [-0.2, 0) is 4.74 Å². The van der Waals surface area contributed by atoms with Gasteiger partial charge < -0.3 is 10.1 Å². The zero-order valence-corrected chi connectivity index (χ0v) is 11.1. The molecule has 19 heavy (non-hydrogen) atoms. The zero-order valence-electron chi connectivity index (χ0n) is 11.1. The van der Waals surface area contributed by atoms with Crippen molar-refractivity contribution in [3.8, 4) is 0 Å². The first-order valence-electron chi connectivity index (χ1n) is 6.73. The summed E-state index contributed by atoms with van der Waals surface area (Å²) in [6, 6.07) is 3.82. The molecular weight excluding hydrogens is 242 g/mol. The molecule has 2 aromatic rings. The van der Waals surface area contributed by atoms with Gasteiger partial charge in [-0.3, -0.25) is 4.90 Å². The van der Waals surface area contributed by atoms with Crippen molar-refractivity contribution in [1.29, 1.82) is 0 Å². The lowest BCUT2D eigenvalue weighted by atomic mass is 10.2.